The van der Waals surface area contributed by atoms with E-state index in [1.807, 2.05) is 0 Å². The first kappa shape index (κ1) is 20.5. The van der Waals surface area contributed by atoms with Gasteiger partial charge in [0, 0.05) is 12.1 Å². The molecule has 0 aromatic heterocycles. The van der Waals surface area contributed by atoms with Crippen LogP contribution in [0.15, 0.2) is 30.3 Å². The van der Waals surface area contributed by atoms with E-state index < -0.39 is 11.1 Å². The molecule has 2 N–H and O–H groups in total. The molecule has 3 aliphatic rings. The van der Waals surface area contributed by atoms with E-state index in [9.17, 15) is 4.21 Å². The Hall–Kier alpha value is -0.790. The quantitative estimate of drug-likeness (QED) is 0.617. The summed E-state index contributed by atoms with van der Waals surface area (Å²) in [4.78, 5) is 0. The van der Waals surface area contributed by atoms with Crippen LogP contribution in [-0.4, -0.2) is 47.5 Å². The number of ether oxygens (including phenoxy) is 1. The molecule has 156 valence electrons. The highest BCUT2D eigenvalue weighted by molar-refractivity contribution is 7.81. The summed E-state index contributed by atoms with van der Waals surface area (Å²) in [6, 6.07) is 11.5. The van der Waals surface area contributed by atoms with Gasteiger partial charge in [-0.25, -0.2) is 4.21 Å². The minimum absolute atomic E-state index is 0.274. The lowest BCUT2D eigenvalue weighted by molar-refractivity contribution is 0.00262. The topological polar surface area (TPSA) is 59.6 Å². The first-order valence-electron chi connectivity index (χ1n) is 11.0. The minimum atomic E-state index is -1.12. The van der Waals surface area contributed by atoms with Crippen molar-refractivity contribution in [3.05, 3.63) is 35.9 Å². The van der Waals surface area contributed by atoms with E-state index in [2.05, 4.69) is 41.0 Å². The van der Waals surface area contributed by atoms with Crippen LogP contribution in [-0.2, 0) is 20.0 Å². The Balaban J connectivity index is 1.17. The van der Waals surface area contributed by atoms with Gasteiger partial charge in [0.2, 0.25) is 0 Å². The van der Waals surface area contributed by atoms with Crippen molar-refractivity contribution in [2.45, 2.75) is 80.7 Å². The van der Waals surface area contributed by atoms with Crippen LogP contribution in [0.1, 0.15) is 62.8 Å². The van der Waals surface area contributed by atoms with E-state index in [0.29, 0.717) is 30.8 Å². The van der Waals surface area contributed by atoms with Gasteiger partial charge in [-0.05, 0) is 69.4 Å². The fraction of sp³-hybridized carbons (Fsp3) is 0.727. The number of hydrogen-bond acceptors (Lipinski definition) is 5. The van der Waals surface area contributed by atoms with Gasteiger partial charge >= 0.3 is 0 Å². The van der Waals surface area contributed by atoms with Gasteiger partial charge in [0.25, 0.3) is 0 Å². The van der Waals surface area contributed by atoms with Crippen LogP contribution in [0.2, 0.25) is 0 Å². The molecule has 3 atom stereocenters. The van der Waals surface area contributed by atoms with Gasteiger partial charge in [-0.15, -0.1) is 0 Å². The molecule has 0 radical (unpaired) electrons. The first-order valence-corrected chi connectivity index (χ1v) is 12.1. The van der Waals surface area contributed by atoms with Gasteiger partial charge in [0.05, 0.1) is 18.0 Å². The lowest BCUT2D eigenvalue weighted by Gasteiger charge is -2.35. The van der Waals surface area contributed by atoms with Gasteiger partial charge in [-0.1, -0.05) is 30.3 Å². The third-order valence-electron chi connectivity index (χ3n) is 6.36. The second-order valence-electron chi connectivity index (χ2n) is 8.45. The van der Waals surface area contributed by atoms with Crippen LogP contribution in [0.5, 0.6) is 0 Å². The number of piperidine rings is 1. The van der Waals surface area contributed by atoms with Crippen LogP contribution in [0.3, 0.4) is 0 Å². The maximum Gasteiger partial charge on any atom is 0.159 e. The second kappa shape index (κ2) is 10.3. The fourth-order valence-corrected chi connectivity index (χ4v) is 5.35. The Bertz CT molecular complexity index is 617. The molecule has 5 nitrogen and oxygen atoms in total. The van der Waals surface area contributed by atoms with Crippen molar-refractivity contribution in [1.29, 1.82) is 0 Å². The van der Waals surface area contributed by atoms with Crippen molar-refractivity contribution >= 4 is 11.1 Å². The summed E-state index contributed by atoms with van der Waals surface area (Å²) in [6.07, 6.45) is 9.46. The van der Waals surface area contributed by atoms with Crippen molar-refractivity contribution in [1.82, 2.24) is 10.6 Å². The number of rotatable bonds is 9. The highest BCUT2D eigenvalue weighted by atomic mass is 32.2. The molecule has 2 aliphatic carbocycles. The third-order valence-corrected chi connectivity index (χ3v) is 7.72. The molecule has 1 aromatic carbocycles. The molecular formula is C22H34N2O3S. The summed E-state index contributed by atoms with van der Waals surface area (Å²) in [7, 11) is 0. The third kappa shape index (κ3) is 5.86. The Morgan fingerprint density at radius 2 is 1.82 bits per heavy atom. The van der Waals surface area contributed by atoms with Gasteiger partial charge in [-0.2, -0.15) is 0 Å². The van der Waals surface area contributed by atoms with Gasteiger partial charge in [-0.3, -0.25) is 9.50 Å². The first-order chi connectivity index (χ1) is 13.8. The number of nitrogens with one attached hydrogen (secondary N) is 2. The molecule has 1 unspecified atom stereocenters. The molecule has 0 bridgehead atoms. The summed E-state index contributed by atoms with van der Waals surface area (Å²) in [5.74, 6) is 0.688. The average Bonchev–Trinajstić information content (AvgIpc) is 3.60. The Morgan fingerprint density at radius 1 is 1.04 bits per heavy atom. The normalized spacial score (nSPS) is 32.1. The number of benzene rings is 1. The molecule has 4 rings (SSSR count). The molecule has 1 aromatic rings. The zero-order chi connectivity index (χ0) is 19.2. The van der Waals surface area contributed by atoms with E-state index in [0.717, 1.165) is 51.7 Å². The monoisotopic (exact) mass is 406 g/mol. The maximum absolute atomic E-state index is 11.8. The SMILES string of the molecule is O=S(OCN[C@H]1CCCN[C@H]1CO[C@H]1CC[C@@H](c2ccccc2)CC1)C1CC1. The van der Waals surface area contributed by atoms with Crippen LogP contribution in [0, 0.1) is 0 Å². The molecule has 6 heteroatoms. The lowest BCUT2D eigenvalue weighted by Crippen LogP contribution is -2.54. The molecule has 28 heavy (non-hydrogen) atoms. The van der Waals surface area contributed by atoms with E-state index in [4.69, 9.17) is 8.92 Å². The van der Waals surface area contributed by atoms with Crippen molar-refractivity contribution in [3.8, 4) is 0 Å². The zero-order valence-corrected chi connectivity index (χ0v) is 17.5. The van der Waals surface area contributed by atoms with Crippen LogP contribution in [0.4, 0.5) is 0 Å². The number of hydrogen-bond donors (Lipinski definition) is 2. The van der Waals surface area contributed by atoms with E-state index >= 15 is 0 Å². The molecule has 1 heterocycles. The summed E-state index contributed by atoms with van der Waals surface area (Å²) >= 11 is -1.12. The van der Waals surface area contributed by atoms with Crippen molar-refractivity contribution < 1.29 is 13.1 Å². The molecule has 1 aliphatic heterocycles. The van der Waals surface area contributed by atoms with Crippen molar-refractivity contribution in [3.63, 3.8) is 0 Å². The minimum Gasteiger partial charge on any atom is -0.377 e. The standard InChI is InChI=1S/C22H34N2O3S/c25-28(20-12-13-20)27-16-24-21-7-4-14-23-22(21)15-26-19-10-8-18(9-11-19)17-5-2-1-3-6-17/h1-3,5-6,18-24H,4,7-16H2/t18-,19+,21-,22-,28?/m0/s1. The Labute approximate surface area is 171 Å². The van der Waals surface area contributed by atoms with E-state index in [1.54, 1.807) is 0 Å². The predicted molar refractivity (Wildman–Crippen MR) is 112 cm³/mol. The molecule has 0 amide bonds. The van der Waals surface area contributed by atoms with Crippen molar-refractivity contribution in [2.24, 2.45) is 0 Å². The Kier molecular flexibility index (Phi) is 7.54. The van der Waals surface area contributed by atoms with Gasteiger partial charge in [0.15, 0.2) is 11.1 Å². The smallest absolute Gasteiger partial charge is 0.159 e. The van der Waals surface area contributed by atoms with Gasteiger partial charge in [0.1, 0.15) is 6.73 Å². The molecule has 2 saturated carbocycles. The largest absolute Gasteiger partial charge is 0.377 e. The summed E-state index contributed by atoms with van der Waals surface area (Å²) in [5.41, 5.74) is 1.47. The van der Waals surface area contributed by atoms with Crippen molar-refractivity contribution in [2.75, 3.05) is 19.9 Å². The Morgan fingerprint density at radius 3 is 2.57 bits per heavy atom. The fourth-order valence-electron chi connectivity index (χ4n) is 4.46. The average molecular weight is 407 g/mol. The van der Waals surface area contributed by atoms with E-state index in [-0.39, 0.29) is 5.25 Å². The van der Waals surface area contributed by atoms with E-state index in [1.165, 1.54) is 18.4 Å². The van der Waals surface area contributed by atoms with Crippen LogP contribution >= 0.6 is 0 Å². The second-order valence-corrected chi connectivity index (χ2v) is 9.88. The summed E-state index contributed by atoms with van der Waals surface area (Å²) in [6.45, 7) is 2.15. The van der Waals surface area contributed by atoms with Crippen LogP contribution < -0.4 is 10.6 Å². The summed E-state index contributed by atoms with van der Waals surface area (Å²) in [5, 5.41) is 7.32. The van der Waals surface area contributed by atoms with Gasteiger partial charge < -0.3 is 10.1 Å². The summed E-state index contributed by atoms with van der Waals surface area (Å²) < 4.78 is 23.6. The molecular weight excluding hydrogens is 372 g/mol. The molecule has 3 fully saturated rings. The highest BCUT2D eigenvalue weighted by Crippen LogP contribution is 2.34. The zero-order valence-electron chi connectivity index (χ0n) is 16.7. The molecule has 1 saturated heterocycles. The maximum atomic E-state index is 11.8. The lowest BCUT2D eigenvalue weighted by atomic mass is 9.83. The molecule has 0 spiro atoms. The van der Waals surface area contributed by atoms with Crippen LogP contribution in [0.25, 0.3) is 0 Å². The predicted octanol–water partition coefficient (Wildman–Crippen LogP) is 3.24. The highest BCUT2D eigenvalue weighted by Gasteiger charge is 2.31.